The van der Waals surface area contributed by atoms with Gasteiger partial charge in [0.15, 0.2) is 0 Å². The average Bonchev–Trinajstić information content (AvgIpc) is 2.83. The van der Waals surface area contributed by atoms with Gasteiger partial charge in [-0.25, -0.2) is 9.97 Å². The number of hydrogen-bond acceptors (Lipinski definition) is 5. The van der Waals surface area contributed by atoms with Crippen LogP contribution in [-0.4, -0.2) is 28.0 Å². The van der Waals surface area contributed by atoms with Crippen molar-refractivity contribution >= 4 is 44.6 Å². The number of fused-ring (bicyclic) bond motifs is 1. The van der Waals surface area contributed by atoms with Crippen LogP contribution in [0.3, 0.4) is 0 Å². The minimum absolute atomic E-state index is 0.171. The maximum atomic E-state index is 5.68. The van der Waals surface area contributed by atoms with Gasteiger partial charge in [0.1, 0.15) is 12.1 Å². The molecule has 0 amide bonds. The zero-order valence-corrected chi connectivity index (χ0v) is 12.1. The molecule has 6 heteroatoms. The van der Waals surface area contributed by atoms with E-state index in [2.05, 4.69) is 21.8 Å². The molecule has 2 heterocycles. The third kappa shape index (κ3) is 2.59. The molecule has 4 nitrogen and oxygen atoms in total. The highest BCUT2D eigenvalue weighted by molar-refractivity contribution is 7.80. The van der Waals surface area contributed by atoms with Gasteiger partial charge in [0, 0.05) is 19.0 Å². The maximum Gasteiger partial charge on any atom is 0.150 e. The van der Waals surface area contributed by atoms with Gasteiger partial charge >= 0.3 is 0 Å². The Labute approximate surface area is 116 Å². The first kappa shape index (κ1) is 13.2. The molecule has 0 bridgehead atoms. The molecule has 18 heavy (non-hydrogen) atoms. The summed E-state index contributed by atoms with van der Waals surface area (Å²) in [6.07, 6.45) is 1.61. The summed E-state index contributed by atoms with van der Waals surface area (Å²) in [6.45, 7) is 5.80. The van der Waals surface area contributed by atoms with Crippen LogP contribution in [0.2, 0.25) is 0 Å². The first-order chi connectivity index (χ1) is 8.63. The Morgan fingerprint density at radius 1 is 1.56 bits per heavy atom. The number of aromatic nitrogens is 2. The van der Waals surface area contributed by atoms with Gasteiger partial charge in [-0.1, -0.05) is 19.1 Å². The van der Waals surface area contributed by atoms with E-state index in [4.69, 9.17) is 18.0 Å². The predicted molar refractivity (Wildman–Crippen MR) is 81.3 cm³/mol. The summed E-state index contributed by atoms with van der Waals surface area (Å²) in [5.41, 5.74) is 6.68. The highest BCUT2D eigenvalue weighted by Crippen LogP contribution is 2.28. The van der Waals surface area contributed by atoms with E-state index in [-0.39, 0.29) is 5.92 Å². The molecule has 0 radical (unpaired) electrons. The van der Waals surface area contributed by atoms with Crippen molar-refractivity contribution in [3.63, 3.8) is 0 Å². The van der Waals surface area contributed by atoms with Crippen molar-refractivity contribution in [2.45, 2.75) is 13.8 Å². The highest BCUT2D eigenvalue weighted by Gasteiger charge is 2.15. The van der Waals surface area contributed by atoms with Crippen LogP contribution < -0.4 is 10.6 Å². The van der Waals surface area contributed by atoms with Crippen molar-refractivity contribution in [1.29, 1.82) is 0 Å². The Morgan fingerprint density at radius 3 is 3.00 bits per heavy atom. The lowest BCUT2D eigenvalue weighted by atomic mass is 10.1. The molecular weight excluding hydrogens is 264 g/mol. The Morgan fingerprint density at radius 2 is 2.33 bits per heavy atom. The molecule has 2 aromatic rings. The number of thiocarbonyl (C=S) groups is 1. The summed E-state index contributed by atoms with van der Waals surface area (Å²) in [5.74, 6) is 1.14. The molecule has 2 N–H and O–H groups in total. The Balaban J connectivity index is 2.32. The van der Waals surface area contributed by atoms with Crippen LogP contribution in [0.1, 0.15) is 13.8 Å². The normalized spacial score (nSPS) is 12.6. The molecule has 0 spiro atoms. The van der Waals surface area contributed by atoms with E-state index in [1.54, 1.807) is 17.7 Å². The van der Waals surface area contributed by atoms with Gasteiger partial charge in [0.05, 0.1) is 15.2 Å². The van der Waals surface area contributed by atoms with Gasteiger partial charge < -0.3 is 10.6 Å². The fourth-order valence-electron chi connectivity index (χ4n) is 1.79. The van der Waals surface area contributed by atoms with Crippen LogP contribution in [0.4, 0.5) is 5.82 Å². The van der Waals surface area contributed by atoms with Crippen molar-refractivity contribution in [2.24, 2.45) is 11.7 Å². The first-order valence-electron chi connectivity index (χ1n) is 5.86. The minimum atomic E-state index is 0.171. The number of thiophene rings is 1. The van der Waals surface area contributed by atoms with E-state index in [1.807, 2.05) is 18.4 Å². The Bertz CT molecular complexity index is 552. The summed E-state index contributed by atoms with van der Waals surface area (Å²) in [6, 6.07) is 2.01. The number of hydrogen-bond donors (Lipinski definition) is 1. The number of anilines is 1. The van der Waals surface area contributed by atoms with E-state index in [1.165, 1.54) is 0 Å². The molecule has 2 rings (SSSR count). The van der Waals surface area contributed by atoms with E-state index in [0.717, 1.165) is 29.1 Å². The first-order valence-corrected chi connectivity index (χ1v) is 7.14. The Kier molecular flexibility index (Phi) is 4.08. The van der Waals surface area contributed by atoms with Gasteiger partial charge in [-0.3, -0.25) is 0 Å². The molecule has 0 aliphatic rings. The van der Waals surface area contributed by atoms with Gasteiger partial charge in [-0.15, -0.1) is 11.3 Å². The van der Waals surface area contributed by atoms with Crippen LogP contribution in [-0.2, 0) is 0 Å². The van der Waals surface area contributed by atoms with Gasteiger partial charge in [-0.2, -0.15) is 0 Å². The van der Waals surface area contributed by atoms with Crippen LogP contribution in [0.5, 0.6) is 0 Å². The van der Waals surface area contributed by atoms with Crippen LogP contribution in [0.25, 0.3) is 10.2 Å². The highest BCUT2D eigenvalue weighted by atomic mass is 32.1. The summed E-state index contributed by atoms with van der Waals surface area (Å²) in [7, 11) is 0. The lowest BCUT2D eigenvalue weighted by molar-refractivity contribution is 0.702. The van der Waals surface area contributed by atoms with Gasteiger partial charge in [0.25, 0.3) is 0 Å². The maximum absolute atomic E-state index is 5.68. The van der Waals surface area contributed by atoms with Crippen molar-refractivity contribution in [3.8, 4) is 0 Å². The van der Waals surface area contributed by atoms with Crippen molar-refractivity contribution < 1.29 is 0 Å². The van der Waals surface area contributed by atoms with Crippen LogP contribution in [0.15, 0.2) is 17.8 Å². The number of nitrogens with two attached hydrogens (primary N) is 1. The monoisotopic (exact) mass is 280 g/mol. The van der Waals surface area contributed by atoms with Crippen molar-refractivity contribution in [1.82, 2.24) is 9.97 Å². The molecule has 1 unspecified atom stereocenters. The molecule has 0 aliphatic heterocycles. The van der Waals surface area contributed by atoms with E-state index in [0.29, 0.717) is 4.99 Å². The van der Waals surface area contributed by atoms with Gasteiger partial charge in [0.2, 0.25) is 0 Å². The van der Waals surface area contributed by atoms with Crippen molar-refractivity contribution in [3.05, 3.63) is 17.8 Å². The fraction of sp³-hybridized carbons (Fsp3) is 0.417. The van der Waals surface area contributed by atoms with E-state index in [9.17, 15) is 0 Å². The number of nitrogens with zero attached hydrogens (tertiary/aromatic N) is 3. The molecule has 96 valence electrons. The smallest absolute Gasteiger partial charge is 0.150 e. The summed E-state index contributed by atoms with van der Waals surface area (Å²) >= 11 is 6.70. The van der Waals surface area contributed by atoms with Crippen molar-refractivity contribution in [2.75, 3.05) is 18.0 Å². The third-order valence-corrected chi connectivity index (χ3v) is 4.19. The van der Waals surface area contributed by atoms with Gasteiger partial charge in [-0.05, 0) is 18.4 Å². The van der Waals surface area contributed by atoms with Crippen LogP contribution >= 0.6 is 23.6 Å². The zero-order chi connectivity index (χ0) is 13.1. The standard InChI is InChI=1S/C12H16N4S2/c1-3-16(6-8(2)11(13)17)12-10-9(4-5-18-10)14-7-15-12/h4-5,7-8H,3,6H2,1-2H3,(H2,13,17). The van der Waals surface area contributed by atoms with E-state index >= 15 is 0 Å². The predicted octanol–water partition coefficient (Wildman–Crippen LogP) is 2.44. The summed E-state index contributed by atoms with van der Waals surface area (Å²) < 4.78 is 1.12. The van der Waals surface area contributed by atoms with E-state index < -0.39 is 0 Å². The second-order valence-corrected chi connectivity index (χ2v) is 5.56. The second kappa shape index (κ2) is 5.58. The Hall–Kier alpha value is -1.27. The number of rotatable bonds is 5. The quantitative estimate of drug-likeness (QED) is 0.853. The molecule has 0 saturated heterocycles. The second-order valence-electron chi connectivity index (χ2n) is 4.17. The summed E-state index contributed by atoms with van der Waals surface area (Å²) in [4.78, 5) is 11.4. The van der Waals surface area contributed by atoms with Crippen LogP contribution in [0, 0.1) is 5.92 Å². The third-order valence-electron chi connectivity index (χ3n) is 2.89. The molecule has 0 saturated carbocycles. The molecule has 0 fully saturated rings. The molecule has 0 aliphatic carbocycles. The molecular formula is C12H16N4S2. The average molecular weight is 280 g/mol. The summed E-state index contributed by atoms with van der Waals surface area (Å²) in [5, 5.41) is 2.04. The zero-order valence-electron chi connectivity index (χ0n) is 10.5. The lowest BCUT2D eigenvalue weighted by Crippen LogP contribution is -2.34. The molecule has 2 aromatic heterocycles. The molecule has 1 atom stereocenters. The minimum Gasteiger partial charge on any atom is -0.393 e. The lowest BCUT2D eigenvalue weighted by Gasteiger charge is -2.25. The topological polar surface area (TPSA) is 55.0 Å². The SMILES string of the molecule is CCN(CC(C)C(N)=S)c1ncnc2ccsc12. The fourth-order valence-corrected chi connectivity index (χ4v) is 2.72. The molecule has 0 aromatic carbocycles. The largest absolute Gasteiger partial charge is 0.393 e.